The second kappa shape index (κ2) is 15.2. The number of rotatable bonds is 14. The van der Waals surface area contributed by atoms with Crippen molar-refractivity contribution in [2.24, 2.45) is 5.92 Å². The van der Waals surface area contributed by atoms with E-state index in [0.717, 1.165) is 26.4 Å². The van der Waals surface area contributed by atoms with Crippen molar-refractivity contribution in [3.05, 3.63) is 95.8 Å². The normalized spacial score (nSPS) is 18.3. The van der Waals surface area contributed by atoms with Crippen LogP contribution in [0.15, 0.2) is 84.6 Å². The number of aliphatic hydroxyl groups is 1. The minimum absolute atomic E-state index is 0.00825. The molecule has 0 aliphatic carbocycles. The fourth-order valence-corrected chi connectivity index (χ4v) is 6.21. The molecule has 1 aliphatic rings. The number of amides is 1. The predicted octanol–water partition coefficient (Wildman–Crippen LogP) is 6.30. The lowest BCUT2D eigenvalue weighted by molar-refractivity contribution is -0.166. The number of allylic oxidation sites excluding steroid dienone is 1. The van der Waals surface area contributed by atoms with Crippen LogP contribution in [0.2, 0.25) is 0 Å². The number of hydrogen-bond donors (Lipinski definition) is 2. The molecule has 0 radical (unpaired) electrons. The molecule has 8 nitrogen and oxygen atoms in total. The Hall–Kier alpha value is -3.60. The van der Waals surface area contributed by atoms with Crippen molar-refractivity contribution in [3.63, 3.8) is 0 Å². The Bertz CT molecular complexity index is 1500. The van der Waals surface area contributed by atoms with Gasteiger partial charge in [0.25, 0.3) is 5.91 Å². The Morgan fingerprint density at radius 1 is 1.00 bits per heavy atom. The summed E-state index contributed by atoms with van der Waals surface area (Å²) in [7, 11) is 0. The molecular formula is C34H38N2O6S. The second-order valence-electron chi connectivity index (χ2n) is 10.3. The van der Waals surface area contributed by atoms with Gasteiger partial charge in [-0.15, -0.1) is 11.3 Å². The van der Waals surface area contributed by atoms with E-state index < -0.39 is 6.29 Å². The lowest BCUT2D eigenvalue weighted by Crippen LogP contribution is -2.38. The van der Waals surface area contributed by atoms with E-state index in [2.05, 4.69) is 36.5 Å². The van der Waals surface area contributed by atoms with Crippen LogP contribution in [0.1, 0.15) is 30.4 Å². The van der Waals surface area contributed by atoms with Crippen LogP contribution in [0.4, 0.5) is 5.69 Å². The average Bonchev–Trinajstić information content (AvgIpc) is 3.45. The molecule has 5 rings (SSSR count). The molecule has 3 atom stereocenters. The number of aliphatic hydroxyl groups excluding tert-OH is 1. The number of anilines is 1. The summed E-state index contributed by atoms with van der Waals surface area (Å²) in [6.45, 7) is 6.07. The summed E-state index contributed by atoms with van der Waals surface area (Å²) in [5, 5.41) is 12.8. The maximum absolute atomic E-state index is 13.5. The highest BCUT2D eigenvalue weighted by Crippen LogP contribution is 2.39. The molecule has 3 aromatic carbocycles. The van der Waals surface area contributed by atoms with Gasteiger partial charge in [-0.05, 0) is 73.9 Å². The van der Waals surface area contributed by atoms with Gasteiger partial charge in [-0.3, -0.25) is 4.79 Å². The Kier molecular flexibility index (Phi) is 10.9. The van der Waals surface area contributed by atoms with Gasteiger partial charge < -0.3 is 29.4 Å². The summed E-state index contributed by atoms with van der Waals surface area (Å²) in [4.78, 5) is 18.2. The van der Waals surface area contributed by atoms with Crippen LogP contribution < -0.4 is 5.32 Å². The summed E-state index contributed by atoms with van der Waals surface area (Å²) in [6.07, 6.45) is 1.95. The van der Waals surface area contributed by atoms with E-state index in [0.29, 0.717) is 45.1 Å². The maximum Gasteiger partial charge on any atom is 0.290 e. The molecule has 0 saturated carbocycles. The second-order valence-corrected chi connectivity index (χ2v) is 11.4. The van der Waals surface area contributed by atoms with Crippen LogP contribution in [0, 0.1) is 12.8 Å². The van der Waals surface area contributed by atoms with Crippen LogP contribution in [0.5, 0.6) is 0 Å². The van der Waals surface area contributed by atoms with Crippen molar-refractivity contribution in [1.82, 2.24) is 4.98 Å². The van der Waals surface area contributed by atoms with Gasteiger partial charge in [0, 0.05) is 36.3 Å². The van der Waals surface area contributed by atoms with Crippen LogP contribution in [0.3, 0.4) is 0 Å². The quantitative estimate of drug-likeness (QED) is 0.163. The Balaban J connectivity index is 1.29. The topological polar surface area (TPSA) is 99.1 Å². The number of aromatic nitrogens is 1. The van der Waals surface area contributed by atoms with Crippen LogP contribution in [-0.4, -0.2) is 61.9 Å². The largest absolute Gasteiger partial charge is 0.459 e. The van der Waals surface area contributed by atoms with E-state index in [-0.39, 0.29) is 30.1 Å². The molecule has 0 bridgehead atoms. The number of nitrogens with one attached hydrogen (secondary N) is 1. The van der Waals surface area contributed by atoms with Gasteiger partial charge in [0.2, 0.25) is 6.29 Å². The fourth-order valence-electron chi connectivity index (χ4n) is 5.14. The number of nitrogens with zero attached hydrogens (tertiary/aromatic N) is 1. The summed E-state index contributed by atoms with van der Waals surface area (Å²) in [6, 6.07) is 24.0. The standard InChI is InChI=1S/C34H38N2O6S/c1-3-41-34-27(15-17-39-19-20-40-18-16-37)28(24-7-5-4-6-8-24)22-30(42-34)32(38)35-26-12-10-25(11-13-26)33-36-29-14-9-23(2)21-31(29)43-33/h4-14,21-22,27-28,34,37H,3,15-20H2,1-2H3,(H,35,38)/t27-,28+,34+/m0/s1. The molecule has 0 saturated heterocycles. The first-order valence-corrected chi connectivity index (χ1v) is 15.5. The molecule has 9 heteroatoms. The molecule has 43 heavy (non-hydrogen) atoms. The van der Waals surface area contributed by atoms with Crippen molar-refractivity contribution in [2.75, 3.05) is 45.0 Å². The SMILES string of the molecule is CCO[C@@H]1OC(C(=O)Nc2ccc(-c3nc4ccc(C)cc4s3)cc2)=C[C@H](c2ccccc2)[C@@H]1CCOCCOCCO. The molecular weight excluding hydrogens is 564 g/mol. The van der Waals surface area contributed by atoms with Crippen molar-refractivity contribution < 1.29 is 28.8 Å². The minimum Gasteiger partial charge on any atom is -0.459 e. The van der Waals surface area contributed by atoms with Crippen LogP contribution in [-0.2, 0) is 23.7 Å². The molecule has 2 N–H and O–H groups in total. The van der Waals surface area contributed by atoms with E-state index >= 15 is 0 Å². The lowest BCUT2D eigenvalue weighted by atomic mass is 9.81. The van der Waals surface area contributed by atoms with Crippen LogP contribution in [0.25, 0.3) is 20.8 Å². The maximum atomic E-state index is 13.5. The molecule has 1 aliphatic heterocycles. The third-order valence-electron chi connectivity index (χ3n) is 7.26. The van der Waals surface area contributed by atoms with Gasteiger partial charge in [0.05, 0.1) is 36.6 Å². The molecule has 4 aromatic rings. The van der Waals surface area contributed by atoms with Gasteiger partial charge in [-0.2, -0.15) is 0 Å². The number of aryl methyl sites for hydroxylation is 1. The lowest BCUT2D eigenvalue weighted by Gasteiger charge is -2.37. The molecule has 0 fully saturated rings. The Labute approximate surface area is 256 Å². The minimum atomic E-state index is -0.611. The fraction of sp³-hybridized carbons (Fsp3) is 0.353. The van der Waals surface area contributed by atoms with Crippen LogP contribution >= 0.6 is 11.3 Å². The van der Waals surface area contributed by atoms with Crippen molar-refractivity contribution in [1.29, 1.82) is 0 Å². The van der Waals surface area contributed by atoms with Gasteiger partial charge >= 0.3 is 0 Å². The zero-order valence-corrected chi connectivity index (χ0v) is 25.3. The number of carbonyl (C=O) groups is 1. The van der Waals surface area contributed by atoms with Gasteiger partial charge in [0.15, 0.2) is 5.76 Å². The zero-order chi connectivity index (χ0) is 30.0. The molecule has 2 heterocycles. The third kappa shape index (κ3) is 8.07. The molecule has 0 spiro atoms. The summed E-state index contributed by atoms with van der Waals surface area (Å²) in [5.74, 6) is -0.266. The summed E-state index contributed by atoms with van der Waals surface area (Å²) < 4.78 is 24.4. The highest BCUT2D eigenvalue weighted by atomic mass is 32.1. The first kappa shape index (κ1) is 30.8. The molecule has 1 amide bonds. The smallest absolute Gasteiger partial charge is 0.290 e. The number of thiazole rings is 1. The van der Waals surface area contributed by atoms with Gasteiger partial charge in [0.1, 0.15) is 5.01 Å². The summed E-state index contributed by atoms with van der Waals surface area (Å²) in [5.41, 5.74) is 4.93. The van der Waals surface area contributed by atoms with E-state index in [9.17, 15) is 4.79 Å². The summed E-state index contributed by atoms with van der Waals surface area (Å²) >= 11 is 1.66. The van der Waals surface area contributed by atoms with Crippen molar-refractivity contribution in [2.45, 2.75) is 32.5 Å². The Morgan fingerprint density at radius 2 is 1.77 bits per heavy atom. The van der Waals surface area contributed by atoms with Crippen molar-refractivity contribution in [3.8, 4) is 10.6 Å². The number of ether oxygens (including phenoxy) is 4. The number of benzene rings is 3. The molecule has 1 aromatic heterocycles. The molecule has 0 unspecified atom stereocenters. The number of carbonyl (C=O) groups excluding carboxylic acids is 1. The number of hydrogen-bond acceptors (Lipinski definition) is 8. The van der Waals surface area contributed by atoms with Gasteiger partial charge in [-0.1, -0.05) is 36.4 Å². The average molecular weight is 603 g/mol. The highest BCUT2D eigenvalue weighted by Gasteiger charge is 2.38. The Morgan fingerprint density at radius 3 is 2.51 bits per heavy atom. The monoisotopic (exact) mass is 602 g/mol. The predicted molar refractivity (Wildman–Crippen MR) is 169 cm³/mol. The number of fused-ring (bicyclic) bond motifs is 1. The first-order valence-electron chi connectivity index (χ1n) is 14.7. The zero-order valence-electron chi connectivity index (χ0n) is 24.5. The van der Waals surface area contributed by atoms with E-state index in [1.807, 2.05) is 61.5 Å². The first-order chi connectivity index (χ1) is 21.1. The van der Waals surface area contributed by atoms with E-state index in [1.165, 1.54) is 5.56 Å². The van der Waals surface area contributed by atoms with Gasteiger partial charge in [-0.25, -0.2) is 4.98 Å². The third-order valence-corrected chi connectivity index (χ3v) is 8.33. The molecule has 226 valence electrons. The van der Waals surface area contributed by atoms with Crippen molar-refractivity contribution >= 4 is 33.1 Å². The highest BCUT2D eigenvalue weighted by molar-refractivity contribution is 7.21. The van der Waals surface area contributed by atoms with E-state index in [1.54, 1.807) is 11.3 Å². The van der Waals surface area contributed by atoms with E-state index in [4.69, 9.17) is 29.0 Å².